The van der Waals surface area contributed by atoms with Crippen molar-refractivity contribution in [3.8, 4) is 11.8 Å². The van der Waals surface area contributed by atoms with Crippen molar-refractivity contribution in [2.45, 2.75) is 6.42 Å². The fraction of sp³-hybridized carbons (Fsp3) is 0.182. The average Bonchev–Trinajstić information content (AvgIpc) is 2.31. The molecule has 0 aromatic heterocycles. The molecule has 0 saturated carbocycles. The molecule has 0 saturated heterocycles. The van der Waals surface area contributed by atoms with Gasteiger partial charge < -0.3 is 15.2 Å². The van der Waals surface area contributed by atoms with Crippen LogP contribution in [0.1, 0.15) is 16.8 Å². The highest BCUT2D eigenvalue weighted by Gasteiger charge is 2.15. The highest BCUT2D eigenvalue weighted by molar-refractivity contribution is 5.98. The lowest BCUT2D eigenvalue weighted by molar-refractivity contribution is -0.115. The number of methoxy groups -OCH3 is 1. The molecule has 1 rings (SSSR count). The smallest absolute Gasteiger partial charge is 0.341 e. The maximum absolute atomic E-state index is 11.3. The number of ether oxygens (including phenoxy) is 1. The number of rotatable bonds is 3. The molecular formula is C11H10N2O4. The number of nitrogens with one attached hydrogen (secondary N) is 1. The highest BCUT2D eigenvalue weighted by atomic mass is 16.5. The van der Waals surface area contributed by atoms with Gasteiger partial charge in [0.05, 0.1) is 18.9 Å². The number of aromatic hydroxyl groups is 1. The number of phenols is 1. The molecule has 0 atom stereocenters. The van der Waals surface area contributed by atoms with Gasteiger partial charge in [0.25, 0.3) is 0 Å². The number of nitriles is 1. The molecular weight excluding hydrogens is 224 g/mol. The zero-order valence-corrected chi connectivity index (χ0v) is 9.06. The third-order valence-corrected chi connectivity index (χ3v) is 1.96. The van der Waals surface area contributed by atoms with E-state index in [2.05, 4.69) is 10.1 Å². The second kappa shape index (κ2) is 5.51. The van der Waals surface area contributed by atoms with Crippen molar-refractivity contribution < 1.29 is 19.4 Å². The zero-order chi connectivity index (χ0) is 12.8. The predicted octanol–water partition coefficient (Wildman–Crippen LogP) is 1.03. The van der Waals surface area contributed by atoms with Crippen molar-refractivity contribution in [2.75, 3.05) is 12.4 Å². The number of anilines is 1. The Kier molecular flexibility index (Phi) is 4.06. The molecule has 6 nitrogen and oxygen atoms in total. The molecule has 0 spiro atoms. The summed E-state index contributed by atoms with van der Waals surface area (Å²) < 4.78 is 4.46. The molecule has 6 heteroatoms. The number of para-hydroxylation sites is 1. The minimum Gasteiger partial charge on any atom is -0.505 e. The third kappa shape index (κ3) is 2.95. The van der Waals surface area contributed by atoms with Crippen molar-refractivity contribution in [3.63, 3.8) is 0 Å². The summed E-state index contributed by atoms with van der Waals surface area (Å²) in [4.78, 5) is 22.4. The molecule has 0 radical (unpaired) electrons. The molecule has 1 aromatic carbocycles. The molecule has 2 N–H and O–H groups in total. The van der Waals surface area contributed by atoms with Crippen LogP contribution in [0.4, 0.5) is 5.69 Å². The van der Waals surface area contributed by atoms with Crippen molar-refractivity contribution in [3.05, 3.63) is 23.8 Å². The summed E-state index contributed by atoms with van der Waals surface area (Å²) in [6.45, 7) is 0. The van der Waals surface area contributed by atoms with E-state index >= 15 is 0 Å². The number of phenolic OH excluding ortho intramolecular Hbond substituents is 1. The lowest BCUT2D eigenvalue weighted by Crippen LogP contribution is -2.11. The largest absolute Gasteiger partial charge is 0.505 e. The van der Waals surface area contributed by atoms with Gasteiger partial charge in [0.1, 0.15) is 12.0 Å². The zero-order valence-electron chi connectivity index (χ0n) is 9.06. The standard InChI is InChI=1S/C11H10N2O4/c1-17-11(16)7-3-2-4-8(10(7)15)13-9(14)5-6-12/h2-4,15H,5H2,1H3,(H,13,14). The number of hydrogen-bond donors (Lipinski definition) is 2. The summed E-state index contributed by atoms with van der Waals surface area (Å²) in [5, 5.41) is 20.3. The number of esters is 1. The Morgan fingerprint density at radius 2 is 2.24 bits per heavy atom. The first-order valence-electron chi connectivity index (χ1n) is 4.67. The van der Waals surface area contributed by atoms with Crippen LogP contribution >= 0.6 is 0 Å². The van der Waals surface area contributed by atoms with Gasteiger partial charge in [0.2, 0.25) is 5.91 Å². The van der Waals surface area contributed by atoms with Crippen LogP contribution < -0.4 is 5.32 Å². The van der Waals surface area contributed by atoms with Crippen LogP contribution in [0.25, 0.3) is 0 Å². The van der Waals surface area contributed by atoms with E-state index < -0.39 is 11.9 Å². The lowest BCUT2D eigenvalue weighted by Gasteiger charge is -2.08. The molecule has 0 fully saturated rings. The third-order valence-electron chi connectivity index (χ3n) is 1.96. The Labute approximate surface area is 97.4 Å². The maximum atomic E-state index is 11.3. The van der Waals surface area contributed by atoms with Gasteiger partial charge in [-0.2, -0.15) is 5.26 Å². The molecule has 0 aliphatic carbocycles. The van der Waals surface area contributed by atoms with Gasteiger partial charge in [-0.15, -0.1) is 0 Å². The minimum atomic E-state index is -0.709. The Hall–Kier alpha value is -2.55. The Morgan fingerprint density at radius 1 is 1.53 bits per heavy atom. The summed E-state index contributed by atoms with van der Waals surface area (Å²) in [7, 11) is 1.18. The van der Waals surface area contributed by atoms with E-state index in [0.29, 0.717) is 0 Å². The number of amides is 1. The van der Waals surface area contributed by atoms with Gasteiger partial charge in [0, 0.05) is 0 Å². The van der Waals surface area contributed by atoms with E-state index in [1.54, 1.807) is 6.07 Å². The summed E-state index contributed by atoms with van der Waals surface area (Å²) in [5.41, 5.74) is 0.00964. The SMILES string of the molecule is COC(=O)c1cccc(NC(=O)CC#N)c1O. The molecule has 88 valence electrons. The van der Waals surface area contributed by atoms with E-state index in [-0.39, 0.29) is 23.4 Å². The highest BCUT2D eigenvalue weighted by Crippen LogP contribution is 2.27. The first kappa shape index (κ1) is 12.5. The molecule has 17 heavy (non-hydrogen) atoms. The van der Waals surface area contributed by atoms with Crippen molar-refractivity contribution in [1.29, 1.82) is 5.26 Å². The van der Waals surface area contributed by atoms with E-state index in [9.17, 15) is 14.7 Å². The second-order valence-electron chi connectivity index (χ2n) is 3.08. The van der Waals surface area contributed by atoms with E-state index in [1.165, 1.54) is 25.3 Å². The predicted molar refractivity (Wildman–Crippen MR) is 58.3 cm³/mol. The molecule has 1 amide bonds. The van der Waals surface area contributed by atoms with Crippen LogP contribution in [0.3, 0.4) is 0 Å². The van der Waals surface area contributed by atoms with Crippen LogP contribution in [0.5, 0.6) is 5.75 Å². The fourth-order valence-corrected chi connectivity index (χ4v) is 1.19. The Bertz CT molecular complexity index is 491. The van der Waals surface area contributed by atoms with Gasteiger partial charge in [-0.3, -0.25) is 4.79 Å². The van der Waals surface area contributed by atoms with Crippen molar-refractivity contribution in [2.24, 2.45) is 0 Å². The van der Waals surface area contributed by atoms with Crippen LogP contribution in [-0.4, -0.2) is 24.1 Å². The minimum absolute atomic E-state index is 0.0535. The summed E-state index contributed by atoms with van der Waals surface area (Å²) >= 11 is 0. The van der Waals surface area contributed by atoms with Gasteiger partial charge >= 0.3 is 5.97 Å². The molecule has 0 unspecified atom stereocenters. The topological polar surface area (TPSA) is 99.4 Å². The Morgan fingerprint density at radius 3 is 2.82 bits per heavy atom. The normalized spacial score (nSPS) is 9.18. The Balaban J connectivity index is 2.99. The quantitative estimate of drug-likeness (QED) is 0.601. The molecule has 0 heterocycles. The number of hydrogen-bond acceptors (Lipinski definition) is 5. The first-order valence-corrected chi connectivity index (χ1v) is 4.67. The average molecular weight is 234 g/mol. The number of nitrogens with zero attached hydrogens (tertiary/aromatic N) is 1. The summed E-state index contributed by atoms with van der Waals surface area (Å²) in [6.07, 6.45) is -0.331. The number of benzene rings is 1. The fourth-order valence-electron chi connectivity index (χ4n) is 1.19. The van der Waals surface area contributed by atoms with Gasteiger partial charge in [-0.25, -0.2) is 4.79 Å². The molecule has 0 bridgehead atoms. The van der Waals surface area contributed by atoms with Crippen LogP contribution in [-0.2, 0) is 9.53 Å². The number of carbonyl (C=O) groups excluding carboxylic acids is 2. The van der Waals surface area contributed by atoms with E-state index in [1.807, 2.05) is 0 Å². The van der Waals surface area contributed by atoms with Crippen LogP contribution in [0, 0.1) is 11.3 Å². The molecule has 0 aliphatic heterocycles. The van der Waals surface area contributed by atoms with Gasteiger partial charge in [-0.1, -0.05) is 6.07 Å². The molecule has 1 aromatic rings. The second-order valence-corrected chi connectivity index (χ2v) is 3.08. The van der Waals surface area contributed by atoms with Gasteiger partial charge in [-0.05, 0) is 12.1 Å². The monoisotopic (exact) mass is 234 g/mol. The van der Waals surface area contributed by atoms with Crippen molar-refractivity contribution in [1.82, 2.24) is 0 Å². The summed E-state index contributed by atoms with van der Waals surface area (Å²) in [6, 6.07) is 5.93. The van der Waals surface area contributed by atoms with Crippen LogP contribution in [0.2, 0.25) is 0 Å². The first-order chi connectivity index (χ1) is 8.10. The maximum Gasteiger partial charge on any atom is 0.341 e. The van der Waals surface area contributed by atoms with Crippen LogP contribution in [0.15, 0.2) is 18.2 Å². The summed E-state index contributed by atoms with van der Waals surface area (Å²) in [5.74, 6) is -1.66. The van der Waals surface area contributed by atoms with E-state index in [4.69, 9.17) is 5.26 Å². The van der Waals surface area contributed by atoms with Gasteiger partial charge in [0.15, 0.2) is 5.75 Å². The lowest BCUT2D eigenvalue weighted by atomic mass is 10.1. The number of carbonyl (C=O) groups is 2. The molecule has 0 aliphatic rings. The van der Waals surface area contributed by atoms with Crippen molar-refractivity contribution >= 4 is 17.6 Å². The van der Waals surface area contributed by atoms with E-state index in [0.717, 1.165) is 0 Å².